The zero-order valence-corrected chi connectivity index (χ0v) is 15.9. The fraction of sp³-hybridized carbons (Fsp3) is 0.333. The van der Waals surface area contributed by atoms with Crippen LogP contribution in [0.5, 0.6) is 0 Å². The highest BCUT2D eigenvalue weighted by Gasteiger charge is 2.14. The van der Waals surface area contributed by atoms with Gasteiger partial charge in [0.05, 0.1) is 11.4 Å². The molecule has 0 aliphatic heterocycles. The molecule has 0 aliphatic rings. The molecule has 0 aliphatic carbocycles. The maximum absolute atomic E-state index is 2.22. The Labute approximate surface area is 142 Å². The van der Waals surface area contributed by atoms with Gasteiger partial charge in [0.15, 0.2) is 0 Å². The summed E-state index contributed by atoms with van der Waals surface area (Å²) in [6.45, 7) is 0. The van der Waals surface area contributed by atoms with Crippen molar-refractivity contribution in [2.24, 2.45) is 0 Å². The Bertz CT molecular complexity index is 587. The van der Waals surface area contributed by atoms with E-state index in [-0.39, 0.29) is 0 Å². The van der Waals surface area contributed by atoms with Crippen LogP contribution >= 0.6 is 0 Å². The Morgan fingerprint density at radius 3 is 1.26 bits per heavy atom. The van der Waals surface area contributed by atoms with Crippen LogP contribution in [0.4, 0.5) is 11.4 Å². The summed E-state index contributed by atoms with van der Waals surface area (Å²) < 4.78 is 0. The van der Waals surface area contributed by atoms with Gasteiger partial charge in [-0.3, -0.25) is 0 Å². The molecule has 0 saturated heterocycles. The summed E-state index contributed by atoms with van der Waals surface area (Å²) in [6.07, 6.45) is 0. The number of benzene rings is 2. The van der Waals surface area contributed by atoms with Gasteiger partial charge in [-0.25, -0.2) is 10.0 Å². The molecule has 2 rings (SSSR count). The highest BCUT2D eigenvalue weighted by atomic mass is 28.2. The first-order chi connectivity index (χ1) is 10.9. The minimum Gasteiger partial charge on any atom is -0.310 e. The van der Waals surface area contributed by atoms with Crippen LogP contribution in [-0.2, 0) is 0 Å². The van der Waals surface area contributed by atoms with Crippen LogP contribution < -0.4 is 20.4 Å². The molecule has 2 aromatic carbocycles. The smallest absolute Gasteiger partial charge is 0.127 e. The third-order valence-corrected chi connectivity index (χ3v) is 5.36. The second-order valence-corrected chi connectivity index (χ2v) is 7.23. The van der Waals surface area contributed by atoms with Gasteiger partial charge < -0.3 is 10.0 Å². The van der Waals surface area contributed by atoms with Crippen LogP contribution in [0.2, 0.25) is 0 Å². The SMILES string of the molecule is CN(C)N(C)c1ccccc1[Si]c1ccccc1N(C)N(C)C. The summed E-state index contributed by atoms with van der Waals surface area (Å²) in [5.41, 5.74) is 2.50. The van der Waals surface area contributed by atoms with Crippen molar-refractivity contribution in [3.63, 3.8) is 0 Å². The maximum Gasteiger partial charge on any atom is 0.127 e. The Morgan fingerprint density at radius 2 is 0.913 bits per heavy atom. The summed E-state index contributed by atoms with van der Waals surface area (Å²) in [4.78, 5) is 0. The molecule has 0 amide bonds. The number of rotatable bonds is 6. The molecule has 0 fully saturated rings. The molecule has 122 valence electrons. The predicted octanol–water partition coefficient (Wildman–Crippen LogP) is 1.17. The summed E-state index contributed by atoms with van der Waals surface area (Å²) in [7, 11) is 13.1. The van der Waals surface area contributed by atoms with Crippen molar-refractivity contribution in [2.75, 3.05) is 52.3 Å². The van der Waals surface area contributed by atoms with Crippen LogP contribution in [0.25, 0.3) is 0 Å². The van der Waals surface area contributed by atoms with Gasteiger partial charge in [0, 0.05) is 42.3 Å². The molecule has 23 heavy (non-hydrogen) atoms. The van der Waals surface area contributed by atoms with Gasteiger partial charge >= 0.3 is 0 Å². The molecule has 0 spiro atoms. The maximum atomic E-state index is 2.22. The van der Waals surface area contributed by atoms with Crippen LogP contribution in [0.3, 0.4) is 0 Å². The lowest BCUT2D eigenvalue weighted by atomic mass is 10.3. The second-order valence-electron chi connectivity index (χ2n) is 5.90. The number of hydrazine groups is 2. The summed E-state index contributed by atoms with van der Waals surface area (Å²) in [5, 5.41) is 11.3. The van der Waals surface area contributed by atoms with E-state index >= 15 is 0 Å². The first kappa shape index (κ1) is 17.5. The molecule has 4 nitrogen and oxygen atoms in total. The Kier molecular flexibility index (Phi) is 5.82. The summed E-state index contributed by atoms with van der Waals surface area (Å²) in [5.74, 6) is 0. The van der Waals surface area contributed by atoms with Crippen molar-refractivity contribution in [2.45, 2.75) is 0 Å². The van der Waals surface area contributed by atoms with E-state index in [1.54, 1.807) is 0 Å². The van der Waals surface area contributed by atoms with Crippen molar-refractivity contribution in [3.05, 3.63) is 48.5 Å². The second kappa shape index (κ2) is 7.63. The van der Waals surface area contributed by atoms with Crippen LogP contribution in [0.15, 0.2) is 48.5 Å². The largest absolute Gasteiger partial charge is 0.310 e. The molecule has 0 heterocycles. The quantitative estimate of drug-likeness (QED) is 0.583. The van der Waals surface area contributed by atoms with Gasteiger partial charge in [0.2, 0.25) is 0 Å². The predicted molar refractivity (Wildman–Crippen MR) is 102 cm³/mol. The summed E-state index contributed by atoms with van der Waals surface area (Å²) >= 11 is 0. The highest BCUT2D eigenvalue weighted by molar-refractivity contribution is 6.70. The standard InChI is InChI=1S/C18H26N4Si/c1-19(2)21(5)15-11-7-9-13-17(15)23-18-14-10-8-12-16(18)22(6)20(3)4/h7-14H,1-6H3. The van der Waals surface area contributed by atoms with E-state index in [9.17, 15) is 0 Å². The molecule has 5 heteroatoms. The number of hydrogen-bond donors (Lipinski definition) is 0. The van der Waals surface area contributed by atoms with Crippen LogP contribution in [0.1, 0.15) is 0 Å². The van der Waals surface area contributed by atoms with Crippen molar-refractivity contribution < 1.29 is 0 Å². The third-order valence-electron chi connectivity index (χ3n) is 3.97. The van der Waals surface area contributed by atoms with Gasteiger partial charge in [0.1, 0.15) is 9.52 Å². The van der Waals surface area contributed by atoms with Crippen molar-refractivity contribution in [1.29, 1.82) is 0 Å². The molecule has 0 unspecified atom stereocenters. The number of anilines is 2. The molecule has 2 radical (unpaired) electrons. The zero-order valence-electron chi connectivity index (χ0n) is 14.9. The van der Waals surface area contributed by atoms with E-state index in [2.05, 4.69) is 111 Å². The first-order valence-corrected chi connectivity index (χ1v) is 8.69. The van der Waals surface area contributed by atoms with Crippen molar-refractivity contribution in [3.8, 4) is 0 Å². The lowest BCUT2D eigenvalue weighted by molar-refractivity contribution is 0.398. The van der Waals surface area contributed by atoms with Crippen molar-refractivity contribution >= 4 is 31.3 Å². The molecule has 0 N–H and O–H groups in total. The molecular formula is C18H26N4Si. The average molecular weight is 327 g/mol. The third kappa shape index (κ3) is 4.13. The molecule has 0 aromatic heterocycles. The monoisotopic (exact) mass is 326 g/mol. The molecular weight excluding hydrogens is 300 g/mol. The topological polar surface area (TPSA) is 13.0 Å². The minimum absolute atomic E-state index is 0.609. The fourth-order valence-corrected chi connectivity index (χ4v) is 3.69. The van der Waals surface area contributed by atoms with Gasteiger partial charge in [-0.15, -0.1) is 0 Å². The normalized spacial score (nSPS) is 11.1. The Hall–Kier alpha value is -1.82. The molecule has 0 saturated carbocycles. The van der Waals surface area contributed by atoms with Crippen LogP contribution in [-0.4, -0.2) is 61.8 Å². The van der Waals surface area contributed by atoms with E-state index < -0.39 is 0 Å². The lowest BCUT2D eigenvalue weighted by Crippen LogP contribution is -2.42. The van der Waals surface area contributed by atoms with Gasteiger partial charge in [-0.05, 0) is 22.5 Å². The number of hydrogen-bond acceptors (Lipinski definition) is 4. The van der Waals surface area contributed by atoms with E-state index in [0.29, 0.717) is 9.52 Å². The van der Waals surface area contributed by atoms with Gasteiger partial charge in [0.25, 0.3) is 0 Å². The fourth-order valence-electron chi connectivity index (χ4n) is 2.30. The van der Waals surface area contributed by atoms with Gasteiger partial charge in [-0.1, -0.05) is 36.4 Å². The Balaban J connectivity index is 2.38. The molecule has 2 aromatic rings. The van der Waals surface area contributed by atoms with Gasteiger partial charge in [-0.2, -0.15) is 0 Å². The average Bonchev–Trinajstić information content (AvgIpc) is 2.54. The zero-order chi connectivity index (χ0) is 17.0. The van der Waals surface area contributed by atoms with Crippen molar-refractivity contribution in [1.82, 2.24) is 10.0 Å². The van der Waals surface area contributed by atoms with E-state index in [0.717, 1.165) is 0 Å². The molecule has 0 bridgehead atoms. The summed E-state index contributed by atoms with van der Waals surface area (Å²) in [6, 6.07) is 17.2. The number of para-hydroxylation sites is 2. The molecule has 0 atom stereocenters. The minimum atomic E-state index is 0.609. The number of nitrogens with zero attached hydrogens (tertiary/aromatic N) is 4. The highest BCUT2D eigenvalue weighted by Crippen LogP contribution is 2.12. The van der Waals surface area contributed by atoms with E-state index in [1.165, 1.54) is 21.7 Å². The Morgan fingerprint density at radius 1 is 0.565 bits per heavy atom. The van der Waals surface area contributed by atoms with Crippen LogP contribution in [0, 0.1) is 0 Å². The van der Waals surface area contributed by atoms with E-state index in [4.69, 9.17) is 0 Å². The van der Waals surface area contributed by atoms with E-state index in [1.807, 2.05) is 0 Å². The lowest BCUT2D eigenvalue weighted by Gasteiger charge is -2.30. The first-order valence-electron chi connectivity index (χ1n) is 7.69.